The fourth-order valence-corrected chi connectivity index (χ4v) is 4.83. The highest BCUT2D eigenvalue weighted by Crippen LogP contribution is 2.35. The Morgan fingerprint density at radius 3 is 2.23 bits per heavy atom. The van der Waals surface area contributed by atoms with E-state index < -0.39 is 0 Å². The molecule has 2 N–H and O–H groups in total. The molecule has 1 fully saturated rings. The summed E-state index contributed by atoms with van der Waals surface area (Å²) in [5.74, 6) is 3.93. The van der Waals surface area contributed by atoms with Crippen LogP contribution in [0.15, 0.2) is 24.3 Å². The van der Waals surface area contributed by atoms with Crippen LogP contribution in [-0.2, 0) is 4.74 Å². The van der Waals surface area contributed by atoms with Gasteiger partial charge in [-0.15, -0.1) is 0 Å². The van der Waals surface area contributed by atoms with Gasteiger partial charge in [0, 0.05) is 5.92 Å². The van der Waals surface area contributed by atoms with E-state index in [4.69, 9.17) is 15.2 Å². The van der Waals surface area contributed by atoms with Crippen LogP contribution in [0.4, 0.5) is 0 Å². The van der Waals surface area contributed by atoms with Crippen LogP contribution in [-0.4, -0.2) is 19.4 Å². The summed E-state index contributed by atoms with van der Waals surface area (Å²) in [4.78, 5) is 0. The third-order valence-electron chi connectivity index (χ3n) is 6.38. The van der Waals surface area contributed by atoms with Gasteiger partial charge in [0.05, 0.1) is 6.61 Å². The van der Waals surface area contributed by atoms with Crippen molar-refractivity contribution >= 4 is 0 Å². The minimum atomic E-state index is -0.208. The largest absolute Gasteiger partial charge is 0.465 e. The SMILES string of the molecule is CC1CCC(CC(C)COC(Oc2ccc(C(CN)CC(C)(C)C)cc2)C(C)C)C1. The Labute approximate surface area is 186 Å². The average molecular weight is 418 g/mol. The fraction of sp³-hybridized carbons (Fsp3) is 0.778. The molecule has 5 unspecified atom stereocenters. The molecule has 0 aromatic heterocycles. The fourth-order valence-electron chi connectivity index (χ4n) is 4.83. The number of nitrogens with two attached hydrogens (primary N) is 1. The van der Waals surface area contributed by atoms with Crippen molar-refractivity contribution in [2.24, 2.45) is 34.8 Å². The van der Waals surface area contributed by atoms with E-state index in [-0.39, 0.29) is 11.7 Å². The Balaban J connectivity index is 1.88. The molecule has 1 aromatic rings. The summed E-state index contributed by atoms with van der Waals surface area (Å²) >= 11 is 0. The molecule has 2 rings (SSSR count). The number of rotatable bonds is 11. The lowest BCUT2D eigenvalue weighted by molar-refractivity contribution is -0.117. The van der Waals surface area contributed by atoms with Crippen molar-refractivity contribution in [3.05, 3.63) is 29.8 Å². The topological polar surface area (TPSA) is 44.5 Å². The molecule has 0 spiro atoms. The molecule has 0 aliphatic heterocycles. The van der Waals surface area contributed by atoms with Gasteiger partial charge in [0.2, 0.25) is 6.29 Å². The van der Waals surface area contributed by atoms with Crippen molar-refractivity contribution < 1.29 is 9.47 Å². The van der Waals surface area contributed by atoms with Gasteiger partial charge in [-0.05, 0) is 72.6 Å². The molecule has 0 amide bonds. The normalized spacial score (nSPS) is 22.8. The molecule has 3 heteroatoms. The Bertz CT molecular complexity index is 604. The van der Waals surface area contributed by atoms with E-state index in [1.807, 2.05) is 0 Å². The van der Waals surface area contributed by atoms with Crippen molar-refractivity contribution in [3.8, 4) is 5.75 Å². The molecule has 1 aliphatic rings. The maximum absolute atomic E-state index is 6.23. The van der Waals surface area contributed by atoms with Gasteiger partial charge >= 0.3 is 0 Å². The number of benzene rings is 1. The third kappa shape index (κ3) is 8.59. The van der Waals surface area contributed by atoms with Crippen LogP contribution in [0, 0.1) is 29.1 Å². The van der Waals surface area contributed by atoms with Crippen LogP contribution in [0.25, 0.3) is 0 Å². The predicted octanol–water partition coefficient (Wildman–Crippen LogP) is 7.01. The van der Waals surface area contributed by atoms with Gasteiger partial charge in [0.1, 0.15) is 5.75 Å². The van der Waals surface area contributed by atoms with Crippen LogP contribution in [0.1, 0.15) is 92.1 Å². The first-order valence-electron chi connectivity index (χ1n) is 12.2. The van der Waals surface area contributed by atoms with Crippen molar-refractivity contribution in [1.82, 2.24) is 0 Å². The molecular weight excluding hydrogens is 370 g/mol. The monoisotopic (exact) mass is 417 g/mol. The first kappa shape index (κ1) is 25.2. The Kier molecular flexibility index (Phi) is 9.68. The number of hydrogen-bond donors (Lipinski definition) is 1. The summed E-state index contributed by atoms with van der Waals surface area (Å²) in [6.07, 6.45) is 6.32. The van der Waals surface area contributed by atoms with Gasteiger partial charge < -0.3 is 15.2 Å². The molecule has 172 valence electrons. The maximum atomic E-state index is 6.23. The van der Waals surface area contributed by atoms with Gasteiger partial charge in [-0.2, -0.15) is 0 Å². The van der Waals surface area contributed by atoms with Gasteiger partial charge in [-0.3, -0.25) is 0 Å². The first-order valence-corrected chi connectivity index (χ1v) is 12.2. The maximum Gasteiger partial charge on any atom is 0.202 e. The number of hydrogen-bond acceptors (Lipinski definition) is 3. The van der Waals surface area contributed by atoms with Crippen LogP contribution < -0.4 is 10.5 Å². The Hall–Kier alpha value is -1.06. The molecular formula is C27H47NO2. The van der Waals surface area contributed by atoms with Crippen LogP contribution in [0.3, 0.4) is 0 Å². The lowest BCUT2D eigenvalue weighted by Gasteiger charge is -2.27. The highest BCUT2D eigenvalue weighted by molar-refractivity contribution is 5.30. The minimum absolute atomic E-state index is 0.208. The summed E-state index contributed by atoms with van der Waals surface area (Å²) in [5.41, 5.74) is 7.61. The Morgan fingerprint density at radius 1 is 1.07 bits per heavy atom. The predicted molar refractivity (Wildman–Crippen MR) is 128 cm³/mol. The molecule has 1 aliphatic carbocycles. The Morgan fingerprint density at radius 2 is 1.73 bits per heavy atom. The summed E-state index contributed by atoms with van der Waals surface area (Å²) in [6, 6.07) is 8.48. The third-order valence-corrected chi connectivity index (χ3v) is 6.38. The smallest absolute Gasteiger partial charge is 0.202 e. The van der Waals surface area contributed by atoms with Crippen LogP contribution >= 0.6 is 0 Å². The lowest BCUT2D eigenvalue weighted by atomic mass is 9.81. The van der Waals surface area contributed by atoms with Crippen molar-refractivity contribution in [3.63, 3.8) is 0 Å². The highest BCUT2D eigenvalue weighted by atomic mass is 16.7. The molecule has 0 radical (unpaired) electrons. The molecule has 0 heterocycles. The minimum Gasteiger partial charge on any atom is -0.465 e. The van der Waals surface area contributed by atoms with E-state index in [2.05, 4.69) is 72.7 Å². The zero-order valence-electron chi connectivity index (χ0n) is 20.6. The number of ether oxygens (including phenoxy) is 2. The standard InChI is InChI=1S/C27H47NO2/c1-19(2)26(29-18-21(4)15-22-9-8-20(3)14-22)30-25-12-10-23(11-13-25)24(17-28)16-27(5,6)7/h10-13,19-22,24,26H,8-9,14-18,28H2,1-7H3. The van der Waals surface area contributed by atoms with Gasteiger partial charge in [-0.25, -0.2) is 0 Å². The molecule has 5 atom stereocenters. The molecule has 1 saturated carbocycles. The summed E-state index contributed by atoms with van der Waals surface area (Å²) in [6.45, 7) is 17.3. The van der Waals surface area contributed by atoms with Crippen molar-refractivity contribution in [1.29, 1.82) is 0 Å². The van der Waals surface area contributed by atoms with E-state index in [0.29, 0.717) is 24.3 Å². The second kappa shape index (κ2) is 11.5. The van der Waals surface area contributed by atoms with Gasteiger partial charge in [0.15, 0.2) is 0 Å². The van der Waals surface area contributed by atoms with E-state index in [1.54, 1.807) is 0 Å². The summed E-state index contributed by atoms with van der Waals surface area (Å²) < 4.78 is 12.5. The molecule has 0 bridgehead atoms. The zero-order valence-corrected chi connectivity index (χ0v) is 20.6. The molecule has 3 nitrogen and oxygen atoms in total. The van der Waals surface area contributed by atoms with Crippen molar-refractivity contribution in [2.75, 3.05) is 13.2 Å². The summed E-state index contributed by atoms with van der Waals surface area (Å²) in [5, 5.41) is 0. The quantitative estimate of drug-likeness (QED) is 0.394. The highest BCUT2D eigenvalue weighted by Gasteiger charge is 2.24. The van der Waals surface area contributed by atoms with Gasteiger partial charge in [0.25, 0.3) is 0 Å². The second-order valence-electron chi connectivity index (χ2n) is 11.5. The lowest BCUT2D eigenvalue weighted by Crippen LogP contribution is -2.29. The van der Waals surface area contributed by atoms with Crippen molar-refractivity contribution in [2.45, 2.75) is 92.8 Å². The summed E-state index contributed by atoms with van der Waals surface area (Å²) in [7, 11) is 0. The molecule has 30 heavy (non-hydrogen) atoms. The van der Waals surface area contributed by atoms with Crippen LogP contribution in [0.5, 0.6) is 5.75 Å². The zero-order chi connectivity index (χ0) is 22.3. The second-order valence-corrected chi connectivity index (χ2v) is 11.5. The van der Waals surface area contributed by atoms with Gasteiger partial charge in [-0.1, -0.05) is 73.4 Å². The molecule has 1 aromatic carbocycles. The van der Waals surface area contributed by atoms with E-state index in [1.165, 1.54) is 31.2 Å². The average Bonchev–Trinajstić information content (AvgIpc) is 3.07. The van der Waals surface area contributed by atoms with Crippen LogP contribution in [0.2, 0.25) is 0 Å². The van der Waals surface area contributed by atoms with E-state index >= 15 is 0 Å². The van der Waals surface area contributed by atoms with E-state index in [0.717, 1.165) is 30.6 Å². The first-order chi connectivity index (χ1) is 14.1. The molecule has 0 saturated heterocycles. The van der Waals surface area contributed by atoms with E-state index in [9.17, 15) is 0 Å².